The zero-order valence-corrected chi connectivity index (χ0v) is 16.0. The molecule has 0 saturated carbocycles. The molecule has 0 atom stereocenters. The number of ether oxygens (including phenoxy) is 2. The van der Waals surface area contributed by atoms with Gasteiger partial charge in [0.15, 0.2) is 5.96 Å². The average Bonchev–Trinajstić information content (AvgIpc) is 2.65. The number of aliphatic imine (C=N–C) groups is 1. The highest BCUT2D eigenvalue weighted by molar-refractivity contribution is 5.94. The number of guanidine groups is 1. The number of nitrogens with two attached hydrogens (primary N) is 1. The number of aryl methyl sites for hydroxylation is 1. The summed E-state index contributed by atoms with van der Waals surface area (Å²) in [6.45, 7) is 0.653. The second-order valence-corrected chi connectivity index (χ2v) is 6.12. The molecule has 0 bridgehead atoms. The summed E-state index contributed by atoms with van der Waals surface area (Å²) in [5.41, 5.74) is 9.22. The lowest BCUT2D eigenvalue weighted by molar-refractivity contribution is 0.405. The normalized spacial score (nSPS) is 11.2. The van der Waals surface area contributed by atoms with E-state index in [2.05, 4.69) is 39.5 Å². The molecule has 6 nitrogen and oxygen atoms in total. The first-order valence-electron chi connectivity index (χ1n) is 8.58. The van der Waals surface area contributed by atoms with Gasteiger partial charge in [-0.3, -0.25) is 4.99 Å². The van der Waals surface area contributed by atoms with E-state index in [1.807, 2.05) is 32.3 Å². The summed E-state index contributed by atoms with van der Waals surface area (Å²) in [6.07, 6.45) is 1.89. The molecular formula is C20H28N4O2. The van der Waals surface area contributed by atoms with Gasteiger partial charge in [-0.1, -0.05) is 12.1 Å². The van der Waals surface area contributed by atoms with Crippen LogP contribution in [0.2, 0.25) is 0 Å². The van der Waals surface area contributed by atoms with Gasteiger partial charge >= 0.3 is 0 Å². The van der Waals surface area contributed by atoms with Gasteiger partial charge in [-0.2, -0.15) is 0 Å². The van der Waals surface area contributed by atoms with Crippen LogP contribution in [0, 0.1) is 0 Å². The lowest BCUT2D eigenvalue weighted by Crippen LogP contribution is -2.23. The predicted molar refractivity (Wildman–Crippen MR) is 109 cm³/mol. The smallest absolute Gasteiger partial charge is 0.193 e. The van der Waals surface area contributed by atoms with E-state index >= 15 is 0 Å². The Morgan fingerprint density at radius 1 is 1.08 bits per heavy atom. The highest BCUT2D eigenvalue weighted by atomic mass is 16.5. The third-order valence-corrected chi connectivity index (χ3v) is 4.03. The molecule has 2 aromatic carbocycles. The number of methoxy groups -OCH3 is 2. The molecule has 0 unspecified atom stereocenters. The van der Waals surface area contributed by atoms with Crippen LogP contribution in [0.15, 0.2) is 47.5 Å². The van der Waals surface area contributed by atoms with Crippen molar-refractivity contribution in [3.63, 3.8) is 0 Å². The van der Waals surface area contributed by atoms with Crippen LogP contribution in [0.3, 0.4) is 0 Å². The van der Waals surface area contributed by atoms with Crippen LogP contribution in [0.1, 0.15) is 12.0 Å². The SMILES string of the molecule is COc1ccc(OC)c(NC(N)=NCCCc2ccc(N(C)C)cc2)c1. The van der Waals surface area contributed by atoms with Gasteiger partial charge in [0.25, 0.3) is 0 Å². The predicted octanol–water partition coefficient (Wildman–Crippen LogP) is 3.13. The summed E-state index contributed by atoms with van der Waals surface area (Å²) < 4.78 is 10.6. The molecule has 6 heteroatoms. The third-order valence-electron chi connectivity index (χ3n) is 4.03. The van der Waals surface area contributed by atoms with E-state index in [4.69, 9.17) is 15.2 Å². The maximum Gasteiger partial charge on any atom is 0.193 e. The second kappa shape index (κ2) is 9.56. The largest absolute Gasteiger partial charge is 0.497 e. The minimum absolute atomic E-state index is 0.361. The summed E-state index contributed by atoms with van der Waals surface area (Å²) in [7, 11) is 7.31. The first-order valence-corrected chi connectivity index (χ1v) is 8.58. The van der Waals surface area contributed by atoms with Crippen molar-refractivity contribution in [2.45, 2.75) is 12.8 Å². The van der Waals surface area contributed by atoms with E-state index in [1.54, 1.807) is 14.2 Å². The van der Waals surface area contributed by atoms with E-state index in [9.17, 15) is 0 Å². The summed E-state index contributed by atoms with van der Waals surface area (Å²) in [5.74, 6) is 1.77. The summed E-state index contributed by atoms with van der Waals surface area (Å²) in [5, 5.41) is 3.07. The fourth-order valence-electron chi connectivity index (χ4n) is 2.53. The minimum Gasteiger partial charge on any atom is -0.497 e. The molecule has 2 aromatic rings. The zero-order chi connectivity index (χ0) is 18.9. The number of hydrogen-bond acceptors (Lipinski definition) is 4. The summed E-state index contributed by atoms with van der Waals surface area (Å²) >= 11 is 0. The van der Waals surface area contributed by atoms with Crippen molar-refractivity contribution in [1.82, 2.24) is 0 Å². The first-order chi connectivity index (χ1) is 12.5. The minimum atomic E-state index is 0.361. The highest BCUT2D eigenvalue weighted by Gasteiger charge is 2.06. The molecule has 0 fully saturated rings. The van der Waals surface area contributed by atoms with Crippen molar-refractivity contribution in [3.8, 4) is 11.5 Å². The Labute approximate surface area is 155 Å². The van der Waals surface area contributed by atoms with Crippen molar-refractivity contribution in [1.29, 1.82) is 0 Å². The number of nitrogens with one attached hydrogen (secondary N) is 1. The van der Waals surface area contributed by atoms with Gasteiger partial charge in [-0.15, -0.1) is 0 Å². The van der Waals surface area contributed by atoms with Gasteiger partial charge in [-0.05, 0) is 42.7 Å². The number of hydrogen-bond donors (Lipinski definition) is 2. The third kappa shape index (κ3) is 5.58. The molecule has 0 saturated heterocycles. The molecule has 3 N–H and O–H groups in total. The van der Waals surface area contributed by atoms with Crippen LogP contribution in [-0.4, -0.2) is 40.8 Å². The Kier molecular flexibility index (Phi) is 7.14. The standard InChI is InChI=1S/C20H28N4O2/c1-24(2)16-9-7-15(8-10-16)6-5-13-22-20(21)23-18-14-17(25-3)11-12-19(18)26-4/h7-12,14H,5-6,13H2,1-4H3,(H3,21,22,23). The number of nitrogens with zero attached hydrogens (tertiary/aromatic N) is 2. The van der Waals surface area contributed by atoms with E-state index in [0.29, 0.717) is 18.3 Å². The van der Waals surface area contributed by atoms with Crippen LogP contribution in [-0.2, 0) is 6.42 Å². The number of benzene rings is 2. The Bertz CT molecular complexity index is 727. The van der Waals surface area contributed by atoms with Crippen molar-refractivity contribution >= 4 is 17.3 Å². The molecule has 0 aromatic heterocycles. The Hall–Kier alpha value is -2.89. The van der Waals surface area contributed by atoms with Crippen molar-refractivity contribution in [2.24, 2.45) is 10.7 Å². The van der Waals surface area contributed by atoms with E-state index in [0.717, 1.165) is 24.3 Å². The number of rotatable bonds is 8. The van der Waals surface area contributed by atoms with Gasteiger partial charge in [-0.25, -0.2) is 0 Å². The maximum absolute atomic E-state index is 5.99. The second-order valence-electron chi connectivity index (χ2n) is 6.12. The molecular weight excluding hydrogens is 328 g/mol. The van der Waals surface area contributed by atoms with Crippen LogP contribution in [0.5, 0.6) is 11.5 Å². The molecule has 0 radical (unpaired) electrons. The molecule has 0 heterocycles. The average molecular weight is 356 g/mol. The van der Waals surface area contributed by atoms with Crippen molar-refractivity contribution < 1.29 is 9.47 Å². The van der Waals surface area contributed by atoms with E-state index < -0.39 is 0 Å². The van der Waals surface area contributed by atoms with Gasteiger partial charge < -0.3 is 25.4 Å². The first kappa shape index (κ1) is 19.4. The molecule has 140 valence electrons. The Balaban J connectivity index is 1.86. The highest BCUT2D eigenvalue weighted by Crippen LogP contribution is 2.28. The van der Waals surface area contributed by atoms with Gasteiger partial charge in [0.05, 0.1) is 19.9 Å². The van der Waals surface area contributed by atoms with Crippen LogP contribution < -0.4 is 25.4 Å². The number of anilines is 2. The van der Waals surface area contributed by atoms with Gasteiger partial charge in [0.1, 0.15) is 11.5 Å². The fraction of sp³-hybridized carbons (Fsp3) is 0.350. The Morgan fingerprint density at radius 2 is 1.81 bits per heavy atom. The fourth-order valence-corrected chi connectivity index (χ4v) is 2.53. The van der Waals surface area contributed by atoms with E-state index in [-0.39, 0.29) is 0 Å². The Morgan fingerprint density at radius 3 is 2.42 bits per heavy atom. The molecule has 26 heavy (non-hydrogen) atoms. The zero-order valence-electron chi connectivity index (χ0n) is 16.0. The van der Waals surface area contributed by atoms with Gasteiger partial charge in [0, 0.05) is 32.4 Å². The lowest BCUT2D eigenvalue weighted by atomic mass is 10.1. The maximum atomic E-state index is 5.99. The quantitative estimate of drug-likeness (QED) is 0.432. The molecule has 0 spiro atoms. The lowest BCUT2D eigenvalue weighted by Gasteiger charge is -2.13. The van der Waals surface area contributed by atoms with Crippen LogP contribution in [0.25, 0.3) is 0 Å². The van der Waals surface area contributed by atoms with Crippen LogP contribution >= 0.6 is 0 Å². The van der Waals surface area contributed by atoms with E-state index in [1.165, 1.54) is 11.3 Å². The summed E-state index contributed by atoms with van der Waals surface area (Å²) in [4.78, 5) is 6.48. The molecule has 0 aliphatic rings. The molecule has 0 aliphatic heterocycles. The molecule has 0 aliphatic carbocycles. The van der Waals surface area contributed by atoms with Crippen LogP contribution in [0.4, 0.5) is 11.4 Å². The summed E-state index contributed by atoms with van der Waals surface area (Å²) in [6, 6.07) is 14.1. The molecule has 0 amide bonds. The van der Waals surface area contributed by atoms with Gasteiger partial charge in [0.2, 0.25) is 0 Å². The monoisotopic (exact) mass is 356 g/mol. The topological polar surface area (TPSA) is 72.1 Å². The molecule has 2 rings (SSSR count). The van der Waals surface area contributed by atoms with Crippen molar-refractivity contribution in [3.05, 3.63) is 48.0 Å². The van der Waals surface area contributed by atoms with Crippen molar-refractivity contribution in [2.75, 3.05) is 45.1 Å².